The second-order valence-corrected chi connectivity index (χ2v) is 4.96. The molecule has 21 heavy (non-hydrogen) atoms. The zero-order chi connectivity index (χ0) is 15.0. The lowest BCUT2D eigenvalue weighted by atomic mass is 10.1. The van der Waals surface area contributed by atoms with Crippen LogP contribution in [-0.4, -0.2) is 17.1 Å². The zero-order valence-electron chi connectivity index (χ0n) is 11.5. The highest BCUT2D eigenvalue weighted by molar-refractivity contribution is 6.34. The molecule has 1 aromatic heterocycles. The molecule has 0 atom stereocenters. The highest BCUT2D eigenvalue weighted by Gasteiger charge is 2.14. The van der Waals surface area contributed by atoms with E-state index < -0.39 is 0 Å². The van der Waals surface area contributed by atoms with Gasteiger partial charge in [-0.2, -0.15) is 0 Å². The second-order valence-electron chi connectivity index (χ2n) is 4.60. The highest BCUT2D eigenvalue weighted by atomic mass is 35.5. The molecule has 0 fully saturated rings. The summed E-state index contributed by atoms with van der Waals surface area (Å²) in [4.78, 5) is 8.76. The SMILES string of the molecule is COc1ccccc1-c1nc(Cl)c2c(C)c(F)ccc2n1. The summed E-state index contributed by atoms with van der Waals surface area (Å²) >= 11 is 6.23. The van der Waals surface area contributed by atoms with E-state index >= 15 is 0 Å². The van der Waals surface area contributed by atoms with Crippen molar-refractivity contribution in [2.45, 2.75) is 6.92 Å². The summed E-state index contributed by atoms with van der Waals surface area (Å²) in [5.41, 5.74) is 1.80. The summed E-state index contributed by atoms with van der Waals surface area (Å²) in [6, 6.07) is 10.4. The van der Waals surface area contributed by atoms with Crippen molar-refractivity contribution in [3.8, 4) is 17.1 Å². The van der Waals surface area contributed by atoms with Gasteiger partial charge in [-0.15, -0.1) is 0 Å². The quantitative estimate of drug-likeness (QED) is 0.658. The number of nitrogens with zero attached hydrogens (tertiary/aromatic N) is 2. The van der Waals surface area contributed by atoms with Gasteiger partial charge in [-0.05, 0) is 36.8 Å². The maximum Gasteiger partial charge on any atom is 0.165 e. The normalized spacial score (nSPS) is 10.9. The second kappa shape index (κ2) is 5.30. The molecule has 0 aliphatic rings. The molecule has 3 rings (SSSR count). The minimum Gasteiger partial charge on any atom is -0.496 e. The van der Waals surface area contributed by atoms with Crippen LogP contribution in [-0.2, 0) is 0 Å². The van der Waals surface area contributed by atoms with Crippen LogP contribution in [0.2, 0.25) is 5.15 Å². The number of para-hydroxylation sites is 1. The number of hydrogen-bond acceptors (Lipinski definition) is 3. The molecule has 0 saturated heterocycles. The Morgan fingerprint density at radius 3 is 2.62 bits per heavy atom. The number of rotatable bonds is 2. The molecule has 2 aromatic carbocycles. The number of aromatic nitrogens is 2. The van der Waals surface area contributed by atoms with Gasteiger partial charge in [0.2, 0.25) is 0 Å². The predicted octanol–water partition coefficient (Wildman–Crippen LogP) is 4.41. The molecular weight excluding hydrogens is 291 g/mol. The summed E-state index contributed by atoms with van der Waals surface area (Å²) in [6.45, 7) is 1.66. The van der Waals surface area contributed by atoms with Crippen LogP contribution in [0.15, 0.2) is 36.4 Å². The molecule has 0 radical (unpaired) electrons. The van der Waals surface area contributed by atoms with Gasteiger partial charge in [0.15, 0.2) is 5.82 Å². The van der Waals surface area contributed by atoms with Gasteiger partial charge in [-0.1, -0.05) is 23.7 Å². The third kappa shape index (κ3) is 2.32. The molecule has 106 valence electrons. The lowest BCUT2D eigenvalue weighted by molar-refractivity contribution is 0.416. The van der Waals surface area contributed by atoms with Crippen molar-refractivity contribution in [2.24, 2.45) is 0 Å². The topological polar surface area (TPSA) is 35.0 Å². The van der Waals surface area contributed by atoms with Crippen LogP contribution in [0.1, 0.15) is 5.56 Å². The molecule has 0 aliphatic carbocycles. The fraction of sp³-hybridized carbons (Fsp3) is 0.125. The average Bonchev–Trinajstić information content (AvgIpc) is 2.50. The van der Waals surface area contributed by atoms with Gasteiger partial charge in [0.05, 0.1) is 18.2 Å². The summed E-state index contributed by atoms with van der Waals surface area (Å²) in [7, 11) is 1.58. The highest BCUT2D eigenvalue weighted by Crippen LogP contribution is 2.32. The van der Waals surface area contributed by atoms with E-state index in [9.17, 15) is 4.39 Å². The average molecular weight is 303 g/mol. The zero-order valence-corrected chi connectivity index (χ0v) is 12.3. The Morgan fingerprint density at radius 1 is 1.10 bits per heavy atom. The van der Waals surface area contributed by atoms with E-state index in [1.54, 1.807) is 20.1 Å². The summed E-state index contributed by atoms with van der Waals surface area (Å²) < 4.78 is 18.9. The first-order valence-corrected chi connectivity index (χ1v) is 6.75. The number of methoxy groups -OCH3 is 1. The number of halogens is 2. The number of benzene rings is 2. The van der Waals surface area contributed by atoms with Gasteiger partial charge >= 0.3 is 0 Å². The van der Waals surface area contributed by atoms with Crippen molar-refractivity contribution >= 4 is 22.5 Å². The van der Waals surface area contributed by atoms with Crippen LogP contribution in [0.25, 0.3) is 22.3 Å². The minimum atomic E-state index is -0.321. The third-order valence-electron chi connectivity index (χ3n) is 3.36. The molecule has 0 amide bonds. The number of hydrogen-bond donors (Lipinski definition) is 0. The Balaban J connectivity index is 2.29. The van der Waals surface area contributed by atoms with Crippen LogP contribution in [0.5, 0.6) is 5.75 Å². The molecule has 3 nitrogen and oxygen atoms in total. The first-order chi connectivity index (χ1) is 10.1. The van der Waals surface area contributed by atoms with Crippen LogP contribution in [0.4, 0.5) is 4.39 Å². The summed E-state index contributed by atoms with van der Waals surface area (Å²) in [6.07, 6.45) is 0. The molecule has 5 heteroatoms. The molecule has 0 saturated carbocycles. The predicted molar refractivity (Wildman–Crippen MR) is 81.2 cm³/mol. The Hall–Kier alpha value is -2.20. The fourth-order valence-corrected chi connectivity index (χ4v) is 2.58. The van der Waals surface area contributed by atoms with Crippen molar-refractivity contribution in [3.05, 3.63) is 52.9 Å². The van der Waals surface area contributed by atoms with Crippen molar-refractivity contribution < 1.29 is 9.13 Å². The molecular formula is C16H12ClFN2O. The number of fused-ring (bicyclic) bond motifs is 1. The molecule has 0 aliphatic heterocycles. The van der Waals surface area contributed by atoms with E-state index in [0.717, 1.165) is 5.56 Å². The number of aryl methyl sites for hydroxylation is 1. The molecule has 0 bridgehead atoms. The summed E-state index contributed by atoms with van der Waals surface area (Å²) in [5, 5.41) is 0.772. The lowest BCUT2D eigenvalue weighted by Gasteiger charge is -2.10. The van der Waals surface area contributed by atoms with Crippen molar-refractivity contribution in [3.63, 3.8) is 0 Å². The van der Waals surface area contributed by atoms with Crippen molar-refractivity contribution in [1.29, 1.82) is 0 Å². The third-order valence-corrected chi connectivity index (χ3v) is 3.63. The van der Waals surface area contributed by atoms with Gasteiger partial charge in [0, 0.05) is 5.39 Å². The minimum absolute atomic E-state index is 0.234. The Kier molecular flexibility index (Phi) is 3.47. The summed E-state index contributed by atoms with van der Waals surface area (Å²) in [5.74, 6) is 0.792. The van der Waals surface area contributed by atoms with Crippen molar-refractivity contribution in [1.82, 2.24) is 9.97 Å². The molecule has 0 spiro atoms. The van der Waals surface area contributed by atoms with Crippen LogP contribution >= 0.6 is 11.6 Å². The van der Waals surface area contributed by atoms with E-state index in [1.165, 1.54) is 6.07 Å². The fourth-order valence-electron chi connectivity index (χ4n) is 2.26. The van der Waals surface area contributed by atoms with Gasteiger partial charge < -0.3 is 4.74 Å². The number of ether oxygens (including phenoxy) is 1. The van der Waals surface area contributed by atoms with Gasteiger partial charge in [-0.25, -0.2) is 14.4 Å². The van der Waals surface area contributed by atoms with E-state index in [1.807, 2.05) is 24.3 Å². The van der Waals surface area contributed by atoms with E-state index in [2.05, 4.69) is 9.97 Å². The first kappa shape index (κ1) is 13.8. The van der Waals surface area contributed by atoms with E-state index in [-0.39, 0.29) is 11.0 Å². The Labute approximate surface area is 126 Å². The van der Waals surface area contributed by atoms with Gasteiger partial charge in [0.1, 0.15) is 16.7 Å². The van der Waals surface area contributed by atoms with Gasteiger partial charge in [0.25, 0.3) is 0 Å². The Morgan fingerprint density at radius 2 is 1.86 bits per heavy atom. The van der Waals surface area contributed by atoms with E-state index in [0.29, 0.717) is 28.0 Å². The van der Waals surface area contributed by atoms with Crippen LogP contribution in [0, 0.1) is 12.7 Å². The molecule has 0 N–H and O–H groups in total. The molecule has 0 unspecified atom stereocenters. The lowest BCUT2D eigenvalue weighted by Crippen LogP contribution is -1.97. The largest absolute Gasteiger partial charge is 0.496 e. The van der Waals surface area contributed by atoms with E-state index in [4.69, 9.17) is 16.3 Å². The molecule has 1 heterocycles. The molecule has 3 aromatic rings. The standard InChI is InChI=1S/C16H12ClFN2O/c1-9-11(18)7-8-12-14(9)15(17)20-16(19-12)10-5-3-4-6-13(10)21-2/h3-8H,1-2H3. The monoisotopic (exact) mass is 302 g/mol. The first-order valence-electron chi connectivity index (χ1n) is 6.37. The van der Waals surface area contributed by atoms with Crippen LogP contribution < -0.4 is 4.74 Å². The smallest absolute Gasteiger partial charge is 0.165 e. The van der Waals surface area contributed by atoms with Gasteiger partial charge in [-0.3, -0.25) is 0 Å². The Bertz CT molecular complexity index is 836. The maximum atomic E-state index is 13.6. The maximum absolute atomic E-state index is 13.6. The van der Waals surface area contributed by atoms with Crippen molar-refractivity contribution in [2.75, 3.05) is 7.11 Å². The van der Waals surface area contributed by atoms with Crippen LogP contribution in [0.3, 0.4) is 0 Å².